The third-order valence-electron chi connectivity index (χ3n) is 5.98. The highest BCUT2D eigenvalue weighted by molar-refractivity contribution is 5.53. The van der Waals surface area contributed by atoms with Crippen molar-refractivity contribution in [2.24, 2.45) is 0 Å². The molecule has 186 valence electrons. The summed E-state index contributed by atoms with van der Waals surface area (Å²) < 4.78 is 62.3. The van der Waals surface area contributed by atoms with Crippen molar-refractivity contribution in [3.63, 3.8) is 0 Å². The number of anilines is 1. The highest BCUT2D eigenvalue weighted by Gasteiger charge is 2.44. The van der Waals surface area contributed by atoms with Gasteiger partial charge in [-0.05, 0) is 54.8 Å². The topological polar surface area (TPSA) is 41.9 Å². The highest BCUT2D eigenvalue weighted by atomic mass is 19.3. The van der Waals surface area contributed by atoms with Gasteiger partial charge in [-0.1, -0.05) is 49.2 Å². The molecular formula is C27H27F4NO3. The van der Waals surface area contributed by atoms with E-state index in [1.165, 1.54) is 18.2 Å². The molecule has 1 saturated carbocycles. The number of aliphatic hydroxyl groups excluding tert-OH is 1. The first-order valence-electron chi connectivity index (χ1n) is 11.5. The van der Waals surface area contributed by atoms with Gasteiger partial charge in [-0.25, -0.2) is 0 Å². The molecular weight excluding hydrogens is 462 g/mol. The lowest BCUT2D eigenvalue weighted by Crippen LogP contribution is -2.45. The monoisotopic (exact) mass is 489 g/mol. The van der Waals surface area contributed by atoms with E-state index in [4.69, 9.17) is 4.74 Å². The molecule has 0 amide bonds. The van der Waals surface area contributed by atoms with Crippen LogP contribution in [0.3, 0.4) is 0 Å². The second-order valence-electron chi connectivity index (χ2n) is 8.57. The third kappa shape index (κ3) is 6.45. The van der Waals surface area contributed by atoms with Crippen LogP contribution in [0.5, 0.6) is 17.2 Å². The summed E-state index contributed by atoms with van der Waals surface area (Å²) in [5.74, 6) is 0.939. The molecule has 1 aliphatic rings. The van der Waals surface area contributed by atoms with E-state index in [1.54, 1.807) is 6.07 Å². The van der Waals surface area contributed by atoms with Crippen LogP contribution in [0.4, 0.5) is 23.2 Å². The molecule has 4 nitrogen and oxygen atoms in total. The molecule has 0 aliphatic heterocycles. The summed E-state index contributed by atoms with van der Waals surface area (Å²) in [6, 6.07) is 22.3. The van der Waals surface area contributed by atoms with Crippen molar-refractivity contribution in [1.82, 2.24) is 0 Å². The molecule has 0 saturated heterocycles. The van der Waals surface area contributed by atoms with Gasteiger partial charge in [0.05, 0.1) is 12.1 Å². The second-order valence-corrected chi connectivity index (χ2v) is 8.57. The number of para-hydroxylation sites is 1. The minimum Gasteiger partial charge on any atom is -0.457 e. The van der Waals surface area contributed by atoms with Crippen LogP contribution in [0.15, 0.2) is 78.9 Å². The number of rotatable bonds is 9. The van der Waals surface area contributed by atoms with Gasteiger partial charge in [-0.3, -0.25) is 0 Å². The van der Waals surface area contributed by atoms with E-state index >= 15 is 0 Å². The van der Waals surface area contributed by atoms with Crippen LogP contribution in [0.2, 0.25) is 0 Å². The molecule has 8 heteroatoms. The van der Waals surface area contributed by atoms with Crippen molar-refractivity contribution in [2.45, 2.75) is 56.9 Å². The summed E-state index contributed by atoms with van der Waals surface area (Å²) in [4.78, 5) is 2.01. The van der Waals surface area contributed by atoms with E-state index in [1.807, 2.05) is 59.5 Å². The predicted molar refractivity (Wildman–Crippen MR) is 125 cm³/mol. The summed E-state index contributed by atoms with van der Waals surface area (Å²) in [5.41, 5.74) is 1.37. The van der Waals surface area contributed by atoms with E-state index in [0.717, 1.165) is 24.9 Å². The summed E-state index contributed by atoms with van der Waals surface area (Å²) in [5, 5.41) is 10.8. The molecule has 0 aromatic heterocycles. The quantitative estimate of drug-likeness (QED) is 0.328. The van der Waals surface area contributed by atoms with Gasteiger partial charge in [0.25, 0.3) is 0 Å². The minimum absolute atomic E-state index is 0.206. The first-order valence-corrected chi connectivity index (χ1v) is 11.5. The average Bonchev–Trinajstić information content (AvgIpc) is 2.84. The fraction of sp³-hybridized carbons (Fsp3) is 0.333. The third-order valence-corrected chi connectivity index (χ3v) is 5.98. The number of aliphatic hydroxyl groups is 1. The zero-order chi connectivity index (χ0) is 24.8. The molecule has 3 aromatic carbocycles. The van der Waals surface area contributed by atoms with E-state index in [0.29, 0.717) is 23.5 Å². The zero-order valence-electron chi connectivity index (χ0n) is 19.0. The number of halogens is 4. The highest BCUT2D eigenvalue weighted by Crippen LogP contribution is 2.34. The summed E-state index contributed by atoms with van der Waals surface area (Å²) >= 11 is 0. The standard InChI is InChI=1S/C27H27F4NO3/c28-26(29)27(30,31)35-23-13-6-8-19(16-23)18-32(24-14-4-5-15-25(24)33)20-9-7-12-22(17-20)34-21-10-2-1-3-11-21/h1-3,6-13,16-17,24-26,33H,4-5,14-15,18H2. The van der Waals surface area contributed by atoms with Gasteiger partial charge in [0.1, 0.15) is 17.2 Å². The summed E-state index contributed by atoms with van der Waals surface area (Å²) in [6.07, 6.45) is -5.80. The van der Waals surface area contributed by atoms with Crippen molar-refractivity contribution in [2.75, 3.05) is 4.90 Å². The molecule has 1 N–H and O–H groups in total. The molecule has 35 heavy (non-hydrogen) atoms. The molecule has 0 bridgehead atoms. The molecule has 0 spiro atoms. The average molecular weight is 490 g/mol. The second kappa shape index (κ2) is 11.0. The number of alkyl halides is 4. The van der Waals surface area contributed by atoms with Crippen LogP contribution in [0, 0.1) is 0 Å². The largest absolute Gasteiger partial charge is 0.461 e. The predicted octanol–water partition coefficient (Wildman–Crippen LogP) is 7.03. The van der Waals surface area contributed by atoms with Crippen molar-refractivity contribution in [3.05, 3.63) is 84.4 Å². The fourth-order valence-electron chi connectivity index (χ4n) is 4.31. The Kier molecular flexibility index (Phi) is 7.80. The Morgan fingerprint density at radius 2 is 1.54 bits per heavy atom. The van der Waals surface area contributed by atoms with Gasteiger partial charge in [-0.2, -0.15) is 17.6 Å². The van der Waals surface area contributed by atoms with Gasteiger partial charge in [0, 0.05) is 18.3 Å². The maximum absolute atomic E-state index is 13.4. The van der Waals surface area contributed by atoms with Crippen molar-refractivity contribution in [1.29, 1.82) is 0 Å². The maximum atomic E-state index is 13.4. The van der Waals surface area contributed by atoms with E-state index in [9.17, 15) is 22.7 Å². The molecule has 3 aromatic rings. The zero-order valence-corrected chi connectivity index (χ0v) is 19.0. The van der Waals surface area contributed by atoms with E-state index in [2.05, 4.69) is 4.74 Å². The summed E-state index contributed by atoms with van der Waals surface area (Å²) in [7, 11) is 0. The first kappa shape index (κ1) is 24.9. The van der Waals surface area contributed by atoms with Crippen LogP contribution < -0.4 is 14.4 Å². The van der Waals surface area contributed by atoms with Crippen LogP contribution in [0.1, 0.15) is 31.2 Å². The molecule has 2 atom stereocenters. The smallest absolute Gasteiger partial charge is 0.457 e. The Balaban J connectivity index is 1.61. The SMILES string of the molecule is OC1CCCCC1N(Cc1cccc(OC(F)(F)C(F)F)c1)c1cccc(Oc2ccccc2)c1. The minimum atomic E-state index is -4.58. The Morgan fingerprint density at radius 3 is 2.29 bits per heavy atom. The van der Waals surface area contributed by atoms with Gasteiger partial charge in [-0.15, -0.1) is 0 Å². The van der Waals surface area contributed by atoms with Gasteiger partial charge in [0.2, 0.25) is 0 Å². The number of hydrogen-bond acceptors (Lipinski definition) is 4. The first-order chi connectivity index (χ1) is 16.8. The number of nitrogens with zero attached hydrogens (tertiary/aromatic N) is 1. The Labute approximate surface area is 201 Å². The van der Waals surface area contributed by atoms with Crippen LogP contribution in [0.25, 0.3) is 0 Å². The van der Waals surface area contributed by atoms with Crippen LogP contribution >= 0.6 is 0 Å². The van der Waals surface area contributed by atoms with E-state index < -0.39 is 18.6 Å². The van der Waals surface area contributed by atoms with Gasteiger partial charge >= 0.3 is 12.5 Å². The van der Waals surface area contributed by atoms with Crippen molar-refractivity contribution < 1.29 is 32.1 Å². The Hall–Kier alpha value is -3.26. The number of ether oxygens (including phenoxy) is 2. The molecule has 1 fully saturated rings. The Morgan fingerprint density at radius 1 is 0.857 bits per heavy atom. The number of hydrogen-bond donors (Lipinski definition) is 1. The molecule has 2 unspecified atom stereocenters. The van der Waals surface area contributed by atoms with Gasteiger partial charge < -0.3 is 19.5 Å². The normalized spacial score (nSPS) is 18.3. The van der Waals surface area contributed by atoms with Crippen molar-refractivity contribution >= 4 is 5.69 Å². The van der Waals surface area contributed by atoms with Crippen molar-refractivity contribution in [3.8, 4) is 17.2 Å². The Bertz CT molecular complexity index is 1100. The van der Waals surface area contributed by atoms with Crippen LogP contribution in [-0.4, -0.2) is 29.8 Å². The lowest BCUT2D eigenvalue weighted by molar-refractivity contribution is -0.253. The van der Waals surface area contributed by atoms with Crippen LogP contribution in [-0.2, 0) is 6.54 Å². The maximum Gasteiger partial charge on any atom is 0.461 e. The number of benzene rings is 3. The fourth-order valence-corrected chi connectivity index (χ4v) is 4.31. The molecule has 0 heterocycles. The lowest BCUT2D eigenvalue weighted by atomic mass is 9.90. The molecule has 4 rings (SSSR count). The molecule has 0 radical (unpaired) electrons. The summed E-state index contributed by atoms with van der Waals surface area (Å²) in [6.45, 7) is 0.258. The lowest BCUT2D eigenvalue weighted by Gasteiger charge is -2.39. The van der Waals surface area contributed by atoms with E-state index in [-0.39, 0.29) is 18.3 Å². The molecule has 1 aliphatic carbocycles. The van der Waals surface area contributed by atoms with Gasteiger partial charge in [0.15, 0.2) is 0 Å².